The SMILES string of the molecule is COc1ccc(C)cc1C(=O)N1CCCC1(C)C(=O)O. The van der Waals surface area contributed by atoms with E-state index in [-0.39, 0.29) is 5.91 Å². The molecule has 1 saturated heterocycles. The van der Waals surface area contributed by atoms with E-state index >= 15 is 0 Å². The highest BCUT2D eigenvalue weighted by Gasteiger charge is 2.46. The minimum absolute atomic E-state index is 0.284. The number of aryl methyl sites for hydroxylation is 1. The first kappa shape index (κ1) is 14.4. The summed E-state index contributed by atoms with van der Waals surface area (Å²) in [5.41, 5.74) is 0.221. The van der Waals surface area contributed by atoms with Crippen LogP contribution in [0, 0.1) is 6.92 Å². The van der Waals surface area contributed by atoms with Crippen molar-refractivity contribution in [2.45, 2.75) is 32.2 Å². The molecule has 0 aromatic heterocycles. The molecule has 1 aromatic rings. The topological polar surface area (TPSA) is 66.8 Å². The number of carboxylic acid groups (broad SMARTS) is 1. The van der Waals surface area contributed by atoms with Crippen molar-refractivity contribution in [3.63, 3.8) is 0 Å². The smallest absolute Gasteiger partial charge is 0.329 e. The molecule has 0 aliphatic carbocycles. The van der Waals surface area contributed by atoms with Crippen LogP contribution in [-0.4, -0.2) is 41.1 Å². The van der Waals surface area contributed by atoms with Crippen molar-refractivity contribution < 1.29 is 19.4 Å². The summed E-state index contributed by atoms with van der Waals surface area (Å²) in [6, 6.07) is 5.33. The summed E-state index contributed by atoms with van der Waals surface area (Å²) in [4.78, 5) is 25.6. The lowest BCUT2D eigenvalue weighted by atomic mass is 9.98. The molecule has 1 atom stereocenters. The molecule has 0 radical (unpaired) electrons. The molecule has 0 spiro atoms. The predicted molar refractivity (Wildman–Crippen MR) is 74.0 cm³/mol. The molecule has 5 nitrogen and oxygen atoms in total. The summed E-state index contributed by atoms with van der Waals surface area (Å²) >= 11 is 0. The van der Waals surface area contributed by atoms with Gasteiger partial charge in [-0.05, 0) is 38.8 Å². The van der Waals surface area contributed by atoms with Crippen LogP contribution in [0.2, 0.25) is 0 Å². The van der Waals surface area contributed by atoms with Gasteiger partial charge in [-0.15, -0.1) is 0 Å². The second-order valence-electron chi connectivity index (χ2n) is 5.34. The van der Waals surface area contributed by atoms with Crippen molar-refractivity contribution in [3.8, 4) is 5.75 Å². The van der Waals surface area contributed by atoms with E-state index in [0.29, 0.717) is 30.7 Å². The Labute approximate surface area is 118 Å². The molecule has 1 aliphatic rings. The summed E-state index contributed by atoms with van der Waals surface area (Å²) in [5.74, 6) is -0.775. The number of aliphatic carboxylic acids is 1. The number of nitrogens with zero attached hydrogens (tertiary/aromatic N) is 1. The molecular formula is C15H19NO4. The van der Waals surface area contributed by atoms with Crippen molar-refractivity contribution in [3.05, 3.63) is 29.3 Å². The van der Waals surface area contributed by atoms with Gasteiger partial charge in [0.15, 0.2) is 0 Å². The molecule has 1 fully saturated rings. The Hall–Kier alpha value is -2.04. The normalized spacial score (nSPS) is 21.9. The quantitative estimate of drug-likeness (QED) is 0.918. The molecule has 108 valence electrons. The van der Waals surface area contributed by atoms with Crippen molar-refractivity contribution in [2.75, 3.05) is 13.7 Å². The Morgan fingerprint density at radius 1 is 1.40 bits per heavy atom. The van der Waals surface area contributed by atoms with Crippen LogP contribution in [0.4, 0.5) is 0 Å². The highest BCUT2D eigenvalue weighted by molar-refractivity contribution is 6.00. The minimum Gasteiger partial charge on any atom is -0.496 e. The number of rotatable bonds is 3. The summed E-state index contributed by atoms with van der Waals surface area (Å²) in [6.45, 7) is 3.94. The van der Waals surface area contributed by atoms with E-state index in [0.717, 1.165) is 5.56 Å². The third-order valence-corrected chi connectivity index (χ3v) is 3.93. The van der Waals surface area contributed by atoms with Gasteiger partial charge in [0.1, 0.15) is 11.3 Å². The molecule has 1 N–H and O–H groups in total. The average Bonchev–Trinajstić information content (AvgIpc) is 2.81. The Morgan fingerprint density at radius 2 is 2.10 bits per heavy atom. The Morgan fingerprint density at radius 3 is 2.70 bits per heavy atom. The number of amides is 1. The fraction of sp³-hybridized carbons (Fsp3) is 0.467. The van der Waals surface area contributed by atoms with E-state index in [1.54, 1.807) is 19.1 Å². The van der Waals surface area contributed by atoms with E-state index in [4.69, 9.17) is 4.74 Å². The maximum absolute atomic E-state index is 12.7. The number of likely N-dealkylation sites (tertiary alicyclic amines) is 1. The summed E-state index contributed by atoms with van der Waals surface area (Å²) in [6.07, 6.45) is 1.17. The number of carbonyl (C=O) groups excluding carboxylic acids is 1. The number of ether oxygens (including phenoxy) is 1. The van der Waals surface area contributed by atoms with E-state index in [9.17, 15) is 14.7 Å². The monoisotopic (exact) mass is 277 g/mol. The Bertz CT molecular complexity index is 555. The van der Waals surface area contributed by atoms with Gasteiger partial charge >= 0.3 is 5.97 Å². The largest absolute Gasteiger partial charge is 0.496 e. The van der Waals surface area contributed by atoms with Crippen LogP contribution in [0.5, 0.6) is 5.75 Å². The molecule has 0 bridgehead atoms. The first-order valence-corrected chi connectivity index (χ1v) is 6.60. The average molecular weight is 277 g/mol. The second kappa shape index (κ2) is 5.15. The number of hydrogen-bond acceptors (Lipinski definition) is 3. The summed E-state index contributed by atoms with van der Waals surface area (Å²) < 4.78 is 5.21. The van der Waals surface area contributed by atoms with Crippen LogP contribution < -0.4 is 4.74 Å². The van der Waals surface area contributed by atoms with Gasteiger partial charge in [-0.25, -0.2) is 4.79 Å². The highest BCUT2D eigenvalue weighted by Crippen LogP contribution is 2.32. The number of carbonyl (C=O) groups is 2. The molecular weight excluding hydrogens is 258 g/mol. The Kier molecular flexibility index (Phi) is 3.70. The zero-order valence-electron chi connectivity index (χ0n) is 12.0. The number of benzene rings is 1. The van der Waals surface area contributed by atoms with Gasteiger partial charge in [0.2, 0.25) is 0 Å². The van der Waals surface area contributed by atoms with Crippen molar-refractivity contribution in [2.24, 2.45) is 0 Å². The zero-order chi connectivity index (χ0) is 14.9. The molecule has 1 aromatic carbocycles. The highest BCUT2D eigenvalue weighted by atomic mass is 16.5. The fourth-order valence-electron chi connectivity index (χ4n) is 2.65. The minimum atomic E-state index is -1.13. The van der Waals surface area contributed by atoms with Crippen LogP contribution in [0.1, 0.15) is 35.7 Å². The van der Waals surface area contributed by atoms with Crippen LogP contribution in [0.3, 0.4) is 0 Å². The van der Waals surface area contributed by atoms with E-state index in [1.165, 1.54) is 12.0 Å². The molecule has 1 aliphatic heterocycles. The maximum Gasteiger partial charge on any atom is 0.329 e. The molecule has 0 saturated carbocycles. The van der Waals surface area contributed by atoms with E-state index in [1.807, 2.05) is 13.0 Å². The Balaban J connectivity index is 2.41. The fourth-order valence-corrected chi connectivity index (χ4v) is 2.65. The molecule has 1 amide bonds. The molecule has 1 heterocycles. The lowest BCUT2D eigenvalue weighted by Gasteiger charge is -2.31. The van der Waals surface area contributed by atoms with Gasteiger partial charge in [0, 0.05) is 6.54 Å². The predicted octanol–water partition coefficient (Wildman–Crippen LogP) is 2.08. The molecule has 1 unspecified atom stereocenters. The first-order chi connectivity index (χ1) is 9.40. The standard InChI is InChI=1S/C15H19NO4/c1-10-5-6-12(20-3)11(9-10)13(17)16-8-4-7-15(16,2)14(18)19/h5-6,9H,4,7-8H2,1-3H3,(H,18,19). The van der Waals surface area contributed by atoms with Crippen LogP contribution >= 0.6 is 0 Å². The van der Waals surface area contributed by atoms with E-state index < -0.39 is 11.5 Å². The van der Waals surface area contributed by atoms with Crippen molar-refractivity contribution in [1.82, 2.24) is 4.90 Å². The van der Waals surface area contributed by atoms with Crippen molar-refractivity contribution in [1.29, 1.82) is 0 Å². The summed E-state index contributed by atoms with van der Waals surface area (Å²) in [5, 5.41) is 9.39. The van der Waals surface area contributed by atoms with Gasteiger partial charge in [-0.2, -0.15) is 0 Å². The third kappa shape index (κ3) is 2.24. The van der Waals surface area contributed by atoms with Gasteiger partial charge in [0.05, 0.1) is 12.7 Å². The zero-order valence-corrected chi connectivity index (χ0v) is 12.0. The van der Waals surface area contributed by atoms with Crippen LogP contribution in [0.15, 0.2) is 18.2 Å². The second-order valence-corrected chi connectivity index (χ2v) is 5.34. The van der Waals surface area contributed by atoms with E-state index in [2.05, 4.69) is 0 Å². The molecule has 2 rings (SSSR count). The molecule has 20 heavy (non-hydrogen) atoms. The van der Waals surface area contributed by atoms with Crippen LogP contribution in [-0.2, 0) is 4.79 Å². The van der Waals surface area contributed by atoms with Crippen LogP contribution in [0.25, 0.3) is 0 Å². The summed E-state index contributed by atoms with van der Waals surface area (Å²) in [7, 11) is 1.50. The first-order valence-electron chi connectivity index (χ1n) is 6.60. The molecule has 5 heteroatoms. The number of methoxy groups -OCH3 is 1. The van der Waals surface area contributed by atoms with Gasteiger partial charge < -0.3 is 14.7 Å². The van der Waals surface area contributed by atoms with Gasteiger partial charge in [-0.3, -0.25) is 4.79 Å². The number of hydrogen-bond donors (Lipinski definition) is 1. The number of carboxylic acids is 1. The van der Waals surface area contributed by atoms with Gasteiger partial charge in [-0.1, -0.05) is 11.6 Å². The lowest BCUT2D eigenvalue weighted by molar-refractivity contribution is -0.147. The maximum atomic E-state index is 12.7. The van der Waals surface area contributed by atoms with Gasteiger partial charge in [0.25, 0.3) is 5.91 Å². The third-order valence-electron chi connectivity index (χ3n) is 3.93. The van der Waals surface area contributed by atoms with Crippen molar-refractivity contribution >= 4 is 11.9 Å². The lowest BCUT2D eigenvalue weighted by Crippen LogP contribution is -2.50.